The van der Waals surface area contributed by atoms with E-state index < -0.39 is 0 Å². The van der Waals surface area contributed by atoms with Gasteiger partial charge in [0, 0.05) is 0 Å². The summed E-state index contributed by atoms with van der Waals surface area (Å²) in [5.41, 5.74) is 0. The van der Waals surface area contributed by atoms with E-state index in [0.717, 1.165) is 6.54 Å². The van der Waals surface area contributed by atoms with Crippen molar-refractivity contribution in [2.45, 2.75) is 12.8 Å². The van der Waals surface area contributed by atoms with Crippen LogP contribution in [0.4, 0.5) is 0 Å². The third-order valence-electron chi connectivity index (χ3n) is 1.28. The maximum atomic E-state index is 3.12. The Hall–Kier alpha value is -0.0800. The molecule has 0 heterocycles. The molecule has 0 bridgehead atoms. The lowest BCUT2D eigenvalue weighted by Crippen LogP contribution is -2.15. The molecular weight excluding hydrogens is 112 g/mol. The van der Waals surface area contributed by atoms with Gasteiger partial charge in [-0.15, -0.1) is 0 Å². The van der Waals surface area contributed by atoms with Crippen molar-refractivity contribution in [3.05, 3.63) is 0 Å². The molecule has 0 radical (unpaired) electrons. The minimum atomic E-state index is 1.15. The first-order valence-corrected chi connectivity index (χ1v) is 3.56. The molecule has 1 N–H and O–H groups in total. The van der Waals surface area contributed by atoms with Gasteiger partial charge in [0.1, 0.15) is 0 Å². The smallest absolute Gasteiger partial charge is 0.00244 e. The van der Waals surface area contributed by atoms with Crippen molar-refractivity contribution in [2.75, 3.05) is 34.2 Å². The molecule has 0 aliphatic heterocycles. The van der Waals surface area contributed by atoms with Crippen LogP contribution < -0.4 is 5.32 Å². The van der Waals surface area contributed by atoms with Crippen LogP contribution in [-0.2, 0) is 0 Å². The van der Waals surface area contributed by atoms with Crippen LogP contribution in [0.5, 0.6) is 0 Å². The highest BCUT2D eigenvalue weighted by Gasteiger charge is 1.88. The maximum Gasteiger partial charge on any atom is -0.00244 e. The molecule has 0 fully saturated rings. The molecule has 0 aliphatic rings. The fourth-order valence-electron chi connectivity index (χ4n) is 0.730. The second-order valence-corrected chi connectivity index (χ2v) is 2.61. The number of rotatable bonds is 5. The molecular formula is C7H18N2. The second-order valence-electron chi connectivity index (χ2n) is 2.61. The van der Waals surface area contributed by atoms with Crippen molar-refractivity contribution in [1.82, 2.24) is 10.2 Å². The molecule has 0 rings (SSSR count). The highest BCUT2D eigenvalue weighted by atomic mass is 15.0. The summed E-state index contributed by atoms with van der Waals surface area (Å²) in [7, 11) is 6.22. The molecule has 0 aromatic rings. The zero-order valence-corrected chi connectivity index (χ0v) is 6.78. The Morgan fingerprint density at radius 3 is 2.33 bits per heavy atom. The summed E-state index contributed by atoms with van der Waals surface area (Å²) in [5.74, 6) is 0. The Bertz CT molecular complexity index is 52.9. The SMILES string of the molecule is CNCCCCN(C)C. The Labute approximate surface area is 58.2 Å². The van der Waals surface area contributed by atoms with Gasteiger partial charge in [0.2, 0.25) is 0 Å². The van der Waals surface area contributed by atoms with E-state index in [1.807, 2.05) is 7.05 Å². The van der Waals surface area contributed by atoms with Crippen molar-refractivity contribution in [3.63, 3.8) is 0 Å². The Morgan fingerprint density at radius 1 is 1.22 bits per heavy atom. The average Bonchev–Trinajstić information content (AvgIpc) is 1.80. The normalized spacial score (nSPS) is 10.7. The largest absolute Gasteiger partial charge is 0.320 e. The van der Waals surface area contributed by atoms with Gasteiger partial charge >= 0.3 is 0 Å². The van der Waals surface area contributed by atoms with Crippen LogP contribution in [-0.4, -0.2) is 39.1 Å². The van der Waals surface area contributed by atoms with Crippen molar-refractivity contribution in [2.24, 2.45) is 0 Å². The van der Waals surface area contributed by atoms with Crippen LogP contribution in [0.25, 0.3) is 0 Å². The molecule has 0 saturated heterocycles. The predicted molar refractivity (Wildman–Crippen MR) is 41.7 cm³/mol. The second kappa shape index (κ2) is 6.05. The minimum Gasteiger partial charge on any atom is -0.320 e. The van der Waals surface area contributed by atoms with Crippen LogP contribution in [0.2, 0.25) is 0 Å². The zero-order valence-electron chi connectivity index (χ0n) is 6.78. The van der Waals surface area contributed by atoms with E-state index in [0.29, 0.717) is 0 Å². The fraction of sp³-hybridized carbons (Fsp3) is 1.00. The van der Waals surface area contributed by atoms with E-state index in [1.165, 1.54) is 19.4 Å². The molecule has 0 amide bonds. The standard InChI is InChI=1S/C7H18N2/c1-8-6-4-5-7-9(2)3/h8H,4-7H2,1-3H3. The molecule has 2 nitrogen and oxygen atoms in total. The number of unbranched alkanes of at least 4 members (excludes halogenated alkanes) is 1. The third kappa shape index (κ3) is 7.92. The molecule has 0 spiro atoms. The molecule has 56 valence electrons. The number of nitrogens with zero attached hydrogens (tertiary/aromatic N) is 1. The van der Waals surface area contributed by atoms with E-state index in [1.54, 1.807) is 0 Å². The summed E-state index contributed by atoms with van der Waals surface area (Å²) >= 11 is 0. The summed E-state index contributed by atoms with van der Waals surface area (Å²) in [6.07, 6.45) is 2.59. The molecule has 0 atom stereocenters. The van der Waals surface area contributed by atoms with E-state index >= 15 is 0 Å². The molecule has 0 saturated carbocycles. The minimum absolute atomic E-state index is 1.15. The lowest BCUT2D eigenvalue weighted by Gasteiger charge is -2.07. The third-order valence-corrected chi connectivity index (χ3v) is 1.28. The van der Waals surface area contributed by atoms with Crippen molar-refractivity contribution in [1.29, 1.82) is 0 Å². The van der Waals surface area contributed by atoms with Crippen LogP contribution in [0, 0.1) is 0 Å². The van der Waals surface area contributed by atoms with Gasteiger partial charge in [-0.05, 0) is 47.1 Å². The summed E-state index contributed by atoms with van der Waals surface area (Å²) < 4.78 is 0. The van der Waals surface area contributed by atoms with Crippen LogP contribution in [0.15, 0.2) is 0 Å². The van der Waals surface area contributed by atoms with Crippen molar-refractivity contribution >= 4 is 0 Å². The Kier molecular flexibility index (Phi) is 5.99. The summed E-state index contributed by atoms with van der Waals surface area (Å²) in [6.45, 7) is 2.36. The molecule has 9 heavy (non-hydrogen) atoms. The van der Waals surface area contributed by atoms with E-state index in [9.17, 15) is 0 Å². The predicted octanol–water partition coefficient (Wildman–Crippen LogP) is 0.548. The molecule has 2 heteroatoms. The van der Waals surface area contributed by atoms with E-state index in [-0.39, 0.29) is 0 Å². The first kappa shape index (κ1) is 8.92. The van der Waals surface area contributed by atoms with Crippen molar-refractivity contribution < 1.29 is 0 Å². The molecule has 0 aromatic heterocycles. The highest BCUT2D eigenvalue weighted by Crippen LogP contribution is 1.87. The van der Waals surface area contributed by atoms with Crippen LogP contribution in [0.1, 0.15) is 12.8 Å². The lowest BCUT2D eigenvalue weighted by atomic mass is 10.3. The molecule has 0 aromatic carbocycles. The Balaban J connectivity index is 2.75. The Morgan fingerprint density at radius 2 is 1.89 bits per heavy atom. The van der Waals surface area contributed by atoms with E-state index in [2.05, 4.69) is 24.3 Å². The number of hydrogen-bond acceptors (Lipinski definition) is 2. The number of hydrogen-bond donors (Lipinski definition) is 1. The summed E-state index contributed by atoms with van der Waals surface area (Å²) in [5, 5.41) is 3.12. The van der Waals surface area contributed by atoms with Gasteiger partial charge in [0.15, 0.2) is 0 Å². The maximum absolute atomic E-state index is 3.12. The first-order chi connectivity index (χ1) is 4.27. The first-order valence-electron chi connectivity index (χ1n) is 3.56. The monoisotopic (exact) mass is 130 g/mol. The highest BCUT2D eigenvalue weighted by molar-refractivity contribution is 4.46. The van der Waals surface area contributed by atoms with Gasteiger partial charge in [-0.2, -0.15) is 0 Å². The van der Waals surface area contributed by atoms with Gasteiger partial charge in [-0.3, -0.25) is 0 Å². The van der Waals surface area contributed by atoms with Gasteiger partial charge in [0.25, 0.3) is 0 Å². The van der Waals surface area contributed by atoms with Gasteiger partial charge in [-0.25, -0.2) is 0 Å². The topological polar surface area (TPSA) is 15.3 Å². The number of nitrogens with one attached hydrogen (secondary N) is 1. The summed E-state index contributed by atoms with van der Waals surface area (Å²) in [6, 6.07) is 0. The van der Waals surface area contributed by atoms with Crippen molar-refractivity contribution in [3.8, 4) is 0 Å². The fourth-order valence-corrected chi connectivity index (χ4v) is 0.730. The average molecular weight is 130 g/mol. The molecule has 0 unspecified atom stereocenters. The van der Waals surface area contributed by atoms with Gasteiger partial charge in [-0.1, -0.05) is 0 Å². The van der Waals surface area contributed by atoms with Gasteiger partial charge in [0.05, 0.1) is 0 Å². The molecule has 0 aliphatic carbocycles. The lowest BCUT2D eigenvalue weighted by molar-refractivity contribution is 0.393. The zero-order chi connectivity index (χ0) is 7.11. The van der Waals surface area contributed by atoms with Crippen LogP contribution in [0.3, 0.4) is 0 Å². The quantitative estimate of drug-likeness (QED) is 0.547. The van der Waals surface area contributed by atoms with Crippen LogP contribution >= 0.6 is 0 Å². The summed E-state index contributed by atoms with van der Waals surface area (Å²) in [4.78, 5) is 2.22. The van der Waals surface area contributed by atoms with Gasteiger partial charge < -0.3 is 10.2 Å². The van der Waals surface area contributed by atoms with E-state index in [4.69, 9.17) is 0 Å².